The molecule has 1 saturated heterocycles. The van der Waals surface area contributed by atoms with E-state index >= 15 is 0 Å². The van der Waals surface area contributed by atoms with Gasteiger partial charge in [0.05, 0.1) is 5.52 Å². The van der Waals surface area contributed by atoms with Gasteiger partial charge in [-0.05, 0) is 30.2 Å². The molecule has 4 rings (SSSR count). The smallest absolute Gasteiger partial charge is 0.227 e. The van der Waals surface area contributed by atoms with Crippen molar-refractivity contribution in [1.29, 1.82) is 0 Å². The Bertz CT molecular complexity index is 935. The van der Waals surface area contributed by atoms with Crippen LogP contribution in [0.5, 0.6) is 0 Å². The maximum Gasteiger partial charge on any atom is 0.227 e. The lowest BCUT2D eigenvalue weighted by Crippen LogP contribution is -2.46. The fourth-order valence-corrected chi connectivity index (χ4v) is 3.94. The van der Waals surface area contributed by atoms with Crippen molar-refractivity contribution in [2.24, 2.45) is 0 Å². The summed E-state index contributed by atoms with van der Waals surface area (Å²) in [5.41, 5.74) is 4.93. The zero-order valence-corrected chi connectivity index (χ0v) is 15.5. The fraction of sp³-hybridized carbons (Fsp3) is 0.318. The normalized spacial score (nSPS) is 15.5. The van der Waals surface area contributed by atoms with Gasteiger partial charge >= 0.3 is 0 Å². The maximum atomic E-state index is 11.9. The average molecular weight is 347 g/mol. The monoisotopic (exact) mass is 347 g/mol. The highest BCUT2D eigenvalue weighted by molar-refractivity contribution is 5.93. The van der Waals surface area contributed by atoms with Gasteiger partial charge in [0, 0.05) is 56.9 Å². The summed E-state index contributed by atoms with van der Waals surface area (Å²) in [4.78, 5) is 16.9. The van der Waals surface area contributed by atoms with Crippen LogP contribution in [0.25, 0.3) is 10.9 Å². The number of carbonyl (C=O) groups excluding carboxylic acids is 1. The molecule has 26 heavy (non-hydrogen) atoms. The van der Waals surface area contributed by atoms with E-state index in [0.29, 0.717) is 0 Å². The van der Waals surface area contributed by atoms with Crippen LogP contribution in [0.3, 0.4) is 0 Å². The third-order valence-electron chi connectivity index (χ3n) is 5.36. The summed E-state index contributed by atoms with van der Waals surface area (Å²) in [7, 11) is 0. The fourth-order valence-electron chi connectivity index (χ4n) is 3.94. The van der Waals surface area contributed by atoms with Gasteiger partial charge in [0.25, 0.3) is 0 Å². The van der Waals surface area contributed by atoms with Gasteiger partial charge in [-0.2, -0.15) is 0 Å². The van der Waals surface area contributed by atoms with Crippen LogP contribution in [0.15, 0.2) is 54.7 Å². The molecule has 3 aromatic rings. The van der Waals surface area contributed by atoms with Gasteiger partial charge in [0.15, 0.2) is 0 Å². The molecule has 0 aliphatic carbocycles. The lowest BCUT2D eigenvalue weighted by atomic mass is 10.1. The lowest BCUT2D eigenvalue weighted by Gasteiger charge is -2.36. The van der Waals surface area contributed by atoms with Crippen LogP contribution in [0.4, 0.5) is 5.69 Å². The highest BCUT2D eigenvalue weighted by atomic mass is 16.1. The number of aromatic nitrogens is 1. The van der Waals surface area contributed by atoms with Crippen LogP contribution < -0.4 is 4.90 Å². The molecule has 0 radical (unpaired) electrons. The van der Waals surface area contributed by atoms with Crippen LogP contribution in [-0.2, 0) is 6.54 Å². The van der Waals surface area contributed by atoms with E-state index in [0.717, 1.165) is 38.2 Å². The number of fused-ring (bicyclic) bond motifs is 1. The summed E-state index contributed by atoms with van der Waals surface area (Å²) in [6.45, 7) is 8.84. The van der Waals surface area contributed by atoms with E-state index in [2.05, 4.69) is 47.1 Å². The number of rotatable bonds is 3. The summed E-state index contributed by atoms with van der Waals surface area (Å²) in [6.07, 6.45) is 2.01. The first-order chi connectivity index (χ1) is 12.6. The van der Waals surface area contributed by atoms with E-state index in [9.17, 15) is 4.79 Å². The van der Waals surface area contributed by atoms with Crippen molar-refractivity contribution in [2.45, 2.75) is 20.4 Å². The first kappa shape index (κ1) is 16.9. The number of carbonyl (C=O) groups is 1. The molecular weight excluding hydrogens is 322 g/mol. The van der Waals surface area contributed by atoms with Crippen molar-refractivity contribution in [1.82, 2.24) is 9.47 Å². The number of piperazine rings is 1. The minimum atomic E-state index is 0.0665. The van der Waals surface area contributed by atoms with Gasteiger partial charge in [0.2, 0.25) is 5.91 Å². The second-order valence-corrected chi connectivity index (χ2v) is 7.11. The average Bonchev–Trinajstić information content (AvgIpc) is 3.02. The van der Waals surface area contributed by atoms with Gasteiger partial charge in [0.1, 0.15) is 0 Å². The van der Waals surface area contributed by atoms with E-state index in [1.165, 1.54) is 22.2 Å². The lowest BCUT2D eigenvalue weighted by molar-refractivity contribution is 0.0941. The molecule has 0 amide bonds. The third kappa shape index (κ3) is 3.13. The van der Waals surface area contributed by atoms with E-state index in [1.807, 2.05) is 24.4 Å². The highest BCUT2D eigenvalue weighted by Gasteiger charge is 2.20. The predicted molar refractivity (Wildman–Crippen MR) is 107 cm³/mol. The van der Waals surface area contributed by atoms with Gasteiger partial charge in [-0.25, -0.2) is 0 Å². The van der Waals surface area contributed by atoms with Crippen LogP contribution in [0.1, 0.15) is 22.8 Å². The second kappa shape index (κ2) is 6.96. The molecule has 0 atom stereocenters. The Hall–Kier alpha value is -2.59. The van der Waals surface area contributed by atoms with E-state index < -0.39 is 0 Å². The molecule has 0 N–H and O–H groups in total. The minimum absolute atomic E-state index is 0.0665. The van der Waals surface area contributed by atoms with Crippen molar-refractivity contribution < 1.29 is 4.79 Å². The van der Waals surface area contributed by atoms with Crippen molar-refractivity contribution in [2.75, 3.05) is 31.1 Å². The molecule has 1 fully saturated rings. The molecule has 0 bridgehead atoms. The molecular formula is C22H25N3O. The van der Waals surface area contributed by atoms with E-state index in [-0.39, 0.29) is 5.91 Å². The summed E-state index contributed by atoms with van der Waals surface area (Å²) < 4.78 is 1.77. The molecule has 4 heteroatoms. The van der Waals surface area contributed by atoms with Gasteiger partial charge in [-0.1, -0.05) is 36.4 Å². The summed E-state index contributed by atoms with van der Waals surface area (Å²) in [5.74, 6) is 0.0665. The maximum absolute atomic E-state index is 11.9. The number of benzene rings is 2. The molecule has 1 aromatic heterocycles. The van der Waals surface area contributed by atoms with Crippen molar-refractivity contribution in [3.63, 3.8) is 0 Å². The van der Waals surface area contributed by atoms with Crippen molar-refractivity contribution in [3.8, 4) is 0 Å². The number of nitrogens with zero attached hydrogens (tertiary/aromatic N) is 3. The zero-order chi connectivity index (χ0) is 18.1. The number of para-hydroxylation sites is 2. The predicted octanol–water partition coefficient (Wildman–Crippen LogP) is 3.93. The largest absolute Gasteiger partial charge is 0.369 e. The number of anilines is 1. The van der Waals surface area contributed by atoms with Crippen molar-refractivity contribution >= 4 is 22.5 Å². The molecule has 2 aromatic carbocycles. The van der Waals surface area contributed by atoms with Gasteiger partial charge in [-0.3, -0.25) is 14.3 Å². The molecule has 1 aliphatic heterocycles. The highest BCUT2D eigenvalue weighted by Crippen LogP contribution is 2.25. The molecule has 2 heterocycles. The number of hydrogen-bond acceptors (Lipinski definition) is 3. The van der Waals surface area contributed by atoms with E-state index in [4.69, 9.17) is 0 Å². The Labute approximate surface area is 154 Å². The van der Waals surface area contributed by atoms with Gasteiger partial charge in [-0.15, -0.1) is 0 Å². The molecule has 134 valence electrons. The molecule has 0 saturated carbocycles. The first-order valence-corrected chi connectivity index (χ1v) is 9.26. The van der Waals surface area contributed by atoms with Crippen LogP contribution in [0, 0.1) is 6.92 Å². The molecule has 1 aliphatic rings. The second-order valence-electron chi connectivity index (χ2n) is 7.11. The van der Waals surface area contributed by atoms with Crippen LogP contribution in [0.2, 0.25) is 0 Å². The quantitative estimate of drug-likeness (QED) is 0.719. The summed E-state index contributed by atoms with van der Waals surface area (Å²) in [6, 6.07) is 16.8. The third-order valence-corrected chi connectivity index (χ3v) is 5.36. The number of hydrogen-bond donors (Lipinski definition) is 0. The summed E-state index contributed by atoms with van der Waals surface area (Å²) >= 11 is 0. The van der Waals surface area contributed by atoms with E-state index in [1.54, 1.807) is 11.5 Å². The Kier molecular flexibility index (Phi) is 4.51. The molecule has 0 unspecified atom stereocenters. The van der Waals surface area contributed by atoms with Crippen LogP contribution in [-0.4, -0.2) is 41.6 Å². The SMILES string of the molecule is CC(=O)n1cc(CN2CCN(c3ccccc3C)CC2)c2ccccc21. The topological polar surface area (TPSA) is 28.5 Å². The van der Waals surface area contributed by atoms with Crippen LogP contribution >= 0.6 is 0 Å². The Balaban J connectivity index is 1.49. The Morgan fingerprint density at radius 2 is 1.65 bits per heavy atom. The Morgan fingerprint density at radius 1 is 0.962 bits per heavy atom. The minimum Gasteiger partial charge on any atom is -0.369 e. The zero-order valence-electron chi connectivity index (χ0n) is 15.5. The number of aryl methyl sites for hydroxylation is 1. The first-order valence-electron chi connectivity index (χ1n) is 9.26. The summed E-state index contributed by atoms with van der Waals surface area (Å²) in [5, 5.41) is 1.18. The molecule has 4 nitrogen and oxygen atoms in total. The molecule has 0 spiro atoms. The van der Waals surface area contributed by atoms with Gasteiger partial charge < -0.3 is 4.90 Å². The van der Waals surface area contributed by atoms with Crippen molar-refractivity contribution in [3.05, 3.63) is 65.9 Å². The standard InChI is InChI=1S/C22H25N3O/c1-17-7-3-5-9-21(17)24-13-11-23(12-14-24)15-19-16-25(18(2)26)22-10-6-4-8-20(19)22/h3-10,16H,11-15H2,1-2H3. The Morgan fingerprint density at radius 3 is 2.38 bits per heavy atom.